The number of anilines is 2. The third-order valence-electron chi connectivity index (χ3n) is 6.04. The highest BCUT2D eigenvalue weighted by atomic mass is 32.2. The molecule has 10 heteroatoms. The van der Waals surface area contributed by atoms with Gasteiger partial charge in [0.1, 0.15) is 16.7 Å². The minimum Gasteiger partial charge on any atom is -0.508 e. The zero-order chi connectivity index (χ0) is 22.7. The standard InChI is InChI=1S/C23H16N4O5S/c28-18-12-6-1-7-13(18)19-20-21(25-32-19)26(16-10-4-5-11-17(16)27(30)31)23(33-20)14-8-2-3-9-15(14)24-22(23)29/h1-12,19-20,28H,(H,24,29). The number of oxime groups is 1. The molecule has 3 heterocycles. The van der Waals surface area contributed by atoms with Gasteiger partial charge in [-0.25, -0.2) is 0 Å². The van der Waals surface area contributed by atoms with Gasteiger partial charge < -0.3 is 15.3 Å². The Morgan fingerprint density at radius 3 is 2.64 bits per heavy atom. The number of phenolic OH excluding ortho intramolecular Hbond substituents is 1. The number of hydrogen-bond donors (Lipinski definition) is 2. The van der Waals surface area contributed by atoms with Gasteiger partial charge in [-0.2, -0.15) is 0 Å². The quantitative estimate of drug-likeness (QED) is 0.446. The monoisotopic (exact) mass is 460 g/mol. The summed E-state index contributed by atoms with van der Waals surface area (Å²) in [7, 11) is 0. The van der Waals surface area contributed by atoms with Crippen LogP contribution < -0.4 is 10.2 Å². The summed E-state index contributed by atoms with van der Waals surface area (Å²) < 4.78 is 0. The van der Waals surface area contributed by atoms with Crippen molar-refractivity contribution < 1.29 is 19.7 Å². The second-order valence-electron chi connectivity index (χ2n) is 7.80. The van der Waals surface area contributed by atoms with E-state index < -0.39 is 21.1 Å². The van der Waals surface area contributed by atoms with Crippen LogP contribution in [0.5, 0.6) is 5.75 Å². The Kier molecular flexibility index (Phi) is 4.15. The molecule has 0 radical (unpaired) electrons. The van der Waals surface area contributed by atoms with E-state index in [-0.39, 0.29) is 23.0 Å². The summed E-state index contributed by atoms with van der Waals surface area (Å²) >= 11 is 1.30. The first-order chi connectivity index (χ1) is 16.0. The van der Waals surface area contributed by atoms with Gasteiger partial charge in [-0.3, -0.25) is 19.8 Å². The number of carbonyl (C=O) groups excluding carboxylic acids is 1. The molecular weight excluding hydrogens is 444 g/mol. The summed E-state index contributed by atoms with van der Waals surface area (Å²) in [5.74, 6) is 0.114. The van der Waals surface area contributed by atoms with Crippen LogP contribution in [0.4, 0.5) is 17.1 Å². The summed E-state index contributed by atoms with van der Waals surface area (Å²) in [5, 5.41) is 29.0. The average molecular weight is 460 g/mol. The van der Waals surface area contributed by atoms with Gasteiger partial charge in [0.15, 0.2) is 11.9 Å². The number of phenols is 1. The molecule has 3 atom stereocenters. The number of amides is 1. The first kappa shape index (κ1) is 19.6. The molecule has 1 fully saturated rings. The van der Waals surface area contributed by atoms with Crippen molar-refractivity contribution >= 4 is 40.6 Å². The van der Waals surface area contributed by atoms with Gasteiger partial charge in [-0.15, -0.1) is 11.8 Å². The van der Waals surface area contributed by atoms with Gasteiger partial charge in [0, 0.05) is 22.9 Å². The highest BCUT2D eigenvalue weighted by molar-refractivity contribution is 8.03. The highest BCUT2D eigenvalue weighted by Crippen LogP contribution is 2.61. The number of carbonyl (C=O) groups is 1. The Morgan fingerprint density at radius 2 is 1.82 bits per heavy atom. The van der Waals surface area contributed by atoms with Gasteiger partial charge in [0.2, 0.25) is 4.87 Å². The van der Waals surface area contributed by atoms with Gasteiger partial charge in [0.25, 0.3) is 11.6 Å². The minimum absolute atomic E-state index is 0.0500. The number of para-hydroxylation sites is 4. The van der Waals surface area contributed by atoms with Crippen LogP contribution in [0.2, 0.25) is 0 Å². The fraction of sp³-hybridized carbons (Fsp3) is 0.130. The van der Waals surface area contributed by atoms with E-state index in [0.29, 0.717) is 22.6 Å². The van der Waals surface area contributed by atoms with Crippen molar-refractivity contribution in [2.24, 2.45) is 5.16 Å². The smallest absolute Gasteiger partial charge is 0.292 e. The van der Waals surface area contributed by atoms with Crippen molar-refractivity contribution in [3.05, 3.63) is 94.0 Å². The number of rotatable bonds is 3. The van der Waals surface area contributed by atoms with E-state index in [9.17, 15) is 20.0 Å². The number of amidine groups is 1. The number of nitro groups is 1. The molecule has 3 aromatic carbocycles. The predicted octanol–water partition coefficient (Wildman–Crippen LogP) is 4.11. The van der Waals surface area contributed by atoms with Crippen molar-refractivity contribution in [3.8, 4) is 5.75 Å². The number of thioether (sulfide) groups is 1. The van der Waals surface area contributed by atoms with Crippen molar-refractivity contribution in [2.75, 3.05) is 10.2 Å². The fourth-order valence-corrected chi connectivity index (χ4v) is 6.34. The lowest BCUT2D eigenvalue weighted by molar-refractivity contribution is -0.384. The number of nitrogens with one attached hydrogen (secondary N) is 1. The molecule has 9 nitrogen and oxygen atoms in total. The van der Waals surface area contributed by atoms with E-state index in [1.165, 1.54) is 17.8 Å². The Labute approximate surface area is 191 Å². The molecule has 3 aromatic rings. The molecule has 0 aliphatic carbocycles. The van der Waals surface area contributed by atoms with Crippen LogP contribution in [0.25, 0.3) is 0 Å². The molecule has 6 rings (SSSR count). The molecular formula is C23H16N4O5S. The van der Waals surface area contributed by atoms with E-state index in [1.807, 2.05) is 18.2 Å². The van der Waals surface area contributed by atoms with Crippen LogP contribution in [0.15, 0.2) is 78.0 Å². The molecule has 33 heavy (non-hydrogen) atoms. The Morgan fingerprint density at radius 1 is 1.09 bits per heavy atom. The van der Waals surface area contributed by atoms with Crippen LogP contribution >= 0.6 is 11.8 Å². The number of aromatic hydroxyl groups is 1. The third-order valence-corrected chi connectivity index (χ3v) is 7.68. The average Bonchev–Trinajstić information content (AvgIpc) is 3.45. The fourth-order valence-electron chi connectivity index (χ4n) is 4.64. The summed E-state index contributed by atoms with van der Waals surface area (Å²) in [6.45, 7) is 0. The molecule has 1 amide bonds. The predicted molar refractivity (Wildman–Crippen MR) is 123 cm³/mol. The lowest BCUT2D eigenvalue weighted by Crippen LogP contribution is -2.47. The van der Waals surface area contributed by atoms with Gasteiger partial charge in [-0.1, -0.05) is 53.7 Å². The Hall–Kier alpha value is -4.05. The first-order valence-corrected chi connectivity index (χ1v) is 11.0. The maximum absolute atomic E-state index is 13.6. The van der Waals surface area contributed by atoms with Gasteiger partial charge in [0.05, 0.1) is 4.92 Å². The lowest BCUT2D eigenvalue weighted by atomic mass is 10.0. The van der Waals surface area contributed by atoms with Crippen molar-refractivity contribution in [2.45, 2.75) is 16.2 Å². The topological polar surface area (TPSA) is 117 Å². The van der Waals surface area contributed by atoms with E-state index in [4.69, 9.17) is 4.84 Å². The van der Waals surface area contributed by atoms with Crippen LogP contribution in [-0.2, 0) is 14.5 Å². The van der Waals surface area contributed by atoms with Crippen LogP contribution in [-0.4, -0.2) is 27.0 Å². The minimum atomic E-state index is -1.32. The first-order valence-electron chi connectivity index (χ1n) is 10.2. The molecule has 3 aliphatic heterocycles. The number of hydrogen-bond acceptors (Lipinski definition) is 8. The third kappa shape index (κ3) is 2.61. The zero-order valence-electron chi connectivity index (χ0n) is 16.9. The molecule has 0 aromatic heterocycles. The number of nitrogens with zero attached hydrogens (tertiary/aromatic N) is 3. The van der Waals surface area contributed by atoms with Crippen LogP contribution in [0, 0.1) is 10.1 Å². The molecule has 3 aliphatic rings. The second kappa shape index (κ2) is 6.97. The lowest BCUT2D eigenvalue weighted by Gasteiger charge is -2.33. The molecule has 1 saturated heterocycles. The molecule has 2 N–H and O–H groups in total. The zero-order valence-corrected chi connectivity index (χ0v) is 17.7. The maximum Gasteiger partial charge on any atom is 0.292 e. The summed E-state index contributed by atoms with van der Waals surface area (Å²) in [6.07, 6.45) is -0.670. The molecule has 1 spiro atoms. The van der Waals surface area contributed by atoms with E-state index in [2.05, 4.69) is 10.5 Å². The Balaban J connectivity index is 1.58. The molecule has 0 saturated carbocycles. The van der Waals surface area contributed by atoms with Crippen molar-refractivity contribution in [1.82, 2.24) is 0 Å². The molecule has 3 unspecified atom stereocenters. The SMILES string of the molecule is O=C1Nc2ccccc2C12SC1C(=NOC1c1ccccc1O)N2c1ccccc1[N+](=O)[O-]. The number of fused-ring (bicyclic) bond motifs is 3. The van der Waals surface area contributed by atoms with Crippen molar-refractivity contribution in [3.63, 3.8) is 0 Å². The normalized spacial score (nSPS) is 24.8. The summed E-state index contributed by atoms with van der Waals surface area (Å²) in [4.78, 5) is 31.0. The number of benzene rings is 3. The Bertz CT molecular complexity index is 1360. The summed E-state index contributed by atoms with van der Waals surface area (Å²) in [6, 6.07) is 20.3. The van der Waals surface area contributed by atoms with Gasteiger partial charge >= 0.3 is 0 Å². The highest BCUT2D eigenvalue weighted by Gasteiger charge is 2.65. The molecule has 164 valence electrons. The van der Waals surface area contributed by atoms with E-state index >= 15 is 0 Å². The molecule has 0 bridgehead atoms. The largest absolute Gasteiger partial charge is 0.508 e. The van der Waals surface area contributed by atoms with Crippen LogP contribution in [0.1, 0.15) is 17.2 Å². The number of nitro benzene ring substituents is 1. The van der Waals surface area contributed by atoms with Gasteiger partial charge in [-0.05, 0) is 18.2 Å². The van der Waals surface area contributed by atoms with Crippen LogP contribution in [0.3, 0.4) is 0 Å². The van der Waals surface area contributed by atoms with Crippen molar-refractivity contribution in [1.29, 1.82) is 0 Å². The summed E-state index contributed by atoms with van der Waals surface area (Å²) in [5.41, 5.74) is 1.94. The maximum atomic E-state index is 13.6. The second-order valence-corrected chi connectivity index (χ2v) is 9.13. The van der Waals surface area contributed by atoms with E-state index in [0.717, 1.165) is 0 Å². The van der Waals surface area contributed by atoms with E-state index in [1.54, 1.807) is 53.4 Å².